The second-order valence-electron chi connectivity index (χ2n) is 4.59. The Morgan fingerprint density at radius 1 is 1.33 bits per heavy atom. The highest BCUT2D eigenvalue weighted by Crippen LogP contribution is 2.24. The van der Waals surface area contributed by atoms with Crippen molar-refractivity contribution in [3.63, 3.8) is 0 Å². The van der Waals surface area contributed by atoms with Crippen LogP contribution in [-0.4, -0.2) is 16.5 Å². The molecule has 2 rings (SSSR count). The van der Waals surface area contributed by atoms with E-state index >= 15 is 0 Å². The fourth-order valence-electron chi connectivity index (χ4n) is 1.63. The molecule has 2 aromatic rings. The molecule has 18 heavy (non-hydrogen) atoms. The van der Waals surface area contributed by atoms with Gasteiger partial charge in [-0.3, -0.25) is 0 Å². The van der Waals surface area contributed by atoms with Gasteiger partial charge in [-0.1, -0.05) is 20.8 Å². The molecule has 0 fully saturated rings. The third-order valence-corrected chi connectivity index (χ3v) is 3.32. The summed E-state index contributed by atoms with van der Waals surface area (Å²) in [5.41, 5.74) is 2.18. The number of aromatic nitrogens is 2. The van der Waals surface area contributed by atoms with Gasteiger partial charge in [0, 0.05) is 29.5 Å². The largest absolute Gasteiger partial charge is 0.370 e. The molecule has 0 aliphatic rings. The van der Waals surface area contributed by atoms with Gasteiger partial charge in [-0.05, 0) is 17.9 Å². The summed E-state index contributed by atoms with van der Waals surface area (Å²) in [5, 5.41) is 7.54. The van der Waals surface area contributed by atoms with Crippen molar-refractivity contribution in [2.24, 2.45) is 0 Å². The Bertz CT molecular complexity index is 492. The van der Waals surface area contributed by atoms with Crippen molar-refractivity contribution >= 4 is 17.2 Å². The first-order valence-electron chi connectivity index (χ1n) is 6.36. The number of nitrogens with zero attached hydrogens (tertiary/aromatic N) is 2. The highest BCUT2D eigenvalue weighted by atomic mass is 32.1. The summed E-state index contributed by atoms with van der Waals surface area (Å²) >= 11 is 1.69. The second-order valence-corrected chi connectivity index (χ2v) is 5.37. The van der Waals surface area contributed by atoms with Crippen LogP contribution in [0.3, 0.4) is 0 Å². The predicted octanol–water partition coefficient (Wildman–Crippen LogP) is 4.15. The minimum Gasteiger partial charge on any atom is -0.370 e. The van der Waals surface area contributed by atoms with Crippen LogP contribution in [0.15, 0.2) is 22.9 Å². The van der Waals surface area contributed by atoms with Gasteiger partial charge in [0.15, 0.2) is 0 Å². The molecule has 0 spiro atoms. The predicted molar refractivity (Wildman–Crippen MR) is 78.2 cm³/mol. The van der Waals surface area contributed by atoms with E-state index in [9.17, 15) is 0 Å². The van der Waals surface area contributed by atoms with Crippen LogP contribution in [0.5, 0.6) is 0 Å². The van der Waals surface area contributed by atoms with Gasteiger partial charge >= 0.3 is 0 Å². The smallest absolute Gasteiger partial charge is 0.133 e. The molecule has 0 aromatic carbocycles. The van der Waals surface area contributed by atoms with E-state index in [-0.39, 0.29) is 0 Å². The Labute approximate surface area is 112 Å². The highest BCUT2D eigenvalue weighted by molar-refractivity contribution is 7.08. The van der Waals surface area contributed by atoms with Crippen molar-refractivity contribution in [3.05, 3.63) is 28.7 Å². The molecule has 0 atom stereocenters. The lowest BCUT2D eigenvalue weighted by Gasteiger charge is -2.10. The number of anilines is 1. The Morgan fingerprint density at radius 3 is 2.78 bits per heavy atom. The molecule has 96 valence electrons. The molecule has 0 amide bonds. The third kappa shape index (κ3) is 3.07. The summed E-state index contributed by atoms with van der Waals surface area (Å²) < 4.78 is 0. The lowest BCUT2D eigenvalue weighted by Crippen LogP contribution is -2.06. The molecule has 0 saturated heterocycles. The van der Waals surface area contributed by atoms with Gasteiger partial charge in [0.05, 0.1) is 5.69 Å². The minimum atomic E-state index is 0.339. The lowest BCUT2D eigenvalue weighted by molar-refractivity contribution is 0.775. The van der Waals surface area contributed by atoms with Crippen LogP contribution >= 0.6 is 11.3 Å². The average Bonchev–Trinajstić information content (AvgIpc) is 2.89. The van der Waals surface area contributed by atoms with Crippen molar-refractivity contribution in [2.45, 2.75) is 33.1 Å². The van der Waals surface area contributed by atoms with E-state index in [4.69, 9.17) is 0 Å². The summed E-state index contributed by atoms with van der Waals surface area (Å²) in [7, 11) is 0. The molecule has 2 aromatic heterocycles. The van der Waals surface area contributed by atoms with Crippen LogP contribution in [0.4, 0.5) is 5.82 Å². The first-order chi connectivity index (χ1) is 8.70. The van der Waals surface area contributed by atoms with Crippen LogP contribution < -0.4 is 5.32 Å². The normalized spacial score (nSPS) is 10.9. The van der Waals surface area contributed by atoms with E-state index < -0.39 is 0 Å². The first-order valence-corrected chi connectivity index (χ1v) is 7.30. The van der Waals surface area contributed by atoms with E-state index in [2.05, 4.69) is 52.9 Å². The maximum Gasteiger partial charge on any atom is 0.133 e. The monoisotopic (exact) mass is 261 g/mol. The molecule has 0 radical (unpaired) electrons. The zero-order chi connectivity index (χ0) is 13.0. The average molecular weight is 261 g/mol. The van der Waals surface area contributed by atoms with Crippen molar-refractivity contribution in [1.82, 2.24) is 9.97 Å². The zero-order valence-corrected chi connectivity index (χ0v) is 11.9. The summed E-state index contributed by atoms with van der Waals surface area (Å²) in [5.74, 6) is 2.17. The maximum absolute atomic E-state index is 4.64. The molecule has 0 bridgehead atoms. The van der Waals surface area contributed by atoms with Crippen molar-refractivity contribution < 1.29 is 0 Å². The van der Waals surface area contributed by atoms with Crippen LogP contribution in [0.25, 0.3) is 11.3 Å². The van der Waals surface area contributed by atoms with Crippen molar-refractivity contribution in [1.29, 1.82) is 0 Å². The fraction of sp³-hybridized carbons (Fsp3) is 0.429. The Kier molecular flexibility index (Phi) is 4.31. The van der Waals surface area contributed by atoms with Gasteiger partial charge in [-0.15, -0.1) is 0 Å². The highest BCUT2D eigenvalue weighted by Gasteiger charge is 2.09. The molecule has 0 aliphatic heterocycles. The minimum absolute atomic E-state index is 0.339. The van der Waals surface area contributed by atoms with E-state index in [1.807, 2.05) is 6.07 Å². The summed E-state index contributed by atoms with van der Waals surface area (Å²) in [6, 6.07) is 4.13. The lowest BCUT2D eigenvalue weighted by atomic mass is 10.2. The summed E-state index contributed by atoms with van der Waals surface area (Å²) in [4.78, 5) is 9.20. The Balaban J connectivity index is 2.36. The van der Waals surface area contributed by atoms with Crippen LogP contribution in [-0.2, 0) is 0 Å². The summed E-state index contributed by atoms with van der Waals surface area (Å²) in [6.45, 7) is 7.33. The number of thiophene rings is 1. The van der Waals surface area contributed by atoms with Gasteiger partial charge < -0.3 is 5.32 Å². The number of nitrogens with one attached hydrogen (secondary N) is 1. The molecule has 0 saturated carbocycles. The van der Waals surface area contributed by atoms with Crippen LogP contribution in [0.2, 0.25) is 0 Å². The molecule has 0 unspecified atom stereocenters. The molecule has 2 heterocycles. The number of rotatable bonds is 5. The molecule has 3 nitrogen and oxygen atoms in total. The van der Waals surface area contributed by atoms with Crippen LogP contribution in [0.1, 0.15) is 38.9 Å². The molecular formula is C14H19N3S. The number of hydrogen-bond donors (Lipinski definition) is 1. The standard InChI is InChI=1S/C14H19N3S/c1-4-6-15-13-8-12(11-5-7-18-9-11)16-14(17-13)10(2)3/h5,7-10H,4,6H2,1-3H3,(H,15,16,17). The molecule has 1 N–H and O–H groups in total. The van der Waals surface area contributed by atoms with E-state index in [1.165, 1.54) is 5.56 Å². The maximum atomic E-state index is 4.64. The number of hydrogen-bond acceptors (Lipinski definition) is 4. The fourth-order valence-corrected chi connectivity index (χ4v) is 2.28. The van der Waals surface area contributed by atoms with E-state index in [1.54, 1.807) is 11.3 Å². The van der Waals surface area contributed by atoms with Crippen molar-refractivity contribution in [3.8, 4) is 11.3 Å². The molecule has 4 heteroatoms. The van der Waals surface area contributed by atoms with Crippen molar-refractivity contribution in [2.75, 3.05) is 11.9 Å². The van der Waals surface area contributed by atoms with Gasteiger partial charge in [-0.2, -0.15) is 11.3 Å². The van der Waals surface area contributed by atoms with Gasteiger partial charge in [0.1, 0.15) is 11.6 Å². The second kappa shape index (κ2) is 5.96. The third-order valence-electron chi connectivity index (χ3n) is 2.63. The van der Waals surface area contributed by atoms with Gasteiger partial charge in [-0.25, -0.2) is 9.97 Å². The van der Waals surface area contributed by atoms with Gasteiger partial charge in [0.2, 0.25) is 0 Å². The topological polar surface area (TPSA) is 37.8 Å². The zero-order valence-electron chi connectivity index (χ0n) is 11.1. The molecule has 0 aliphatic carbocycles. The Hall–Kier alpha value is -1.42. The first kappa shape index (κ1) is 13.0. The van der Waals surface area contributed by atoms with Crippen LogP contribution in [0, 0.1) is 0 Å². The van der Waals surface area contributed by atoms with Gasteiger partial charge in [0.25, 0.3) is 0 Å². The Morgan fingerprint density at radius 2 is 2.17 bits per heavy atom. The van der Waals surface area contributed by atoms with E-state index in [0.717, 1.165) is 30.3 Å². The molecular weight excluding hydrogens is 242 g/mol. The quantitative estimate of drug-likeness (QED) is 0.878. The SMILES string of the molecule is CCCNc1cc(-c2ccsc2)nc(C(C)C)n1. The summed E-state index contributed by atoms with van der Waals surface area (Å²) in [6.07, 6.45) is 1.09. The van der Waals surface area contributed by atoms with E-state index in [0.29, 0.717) is 5.92 Å².